The lowest BCUT2D eigenvalue weighted by Gasteiger charge is -2.31. The molecule has 0 aliphatic rings. The highest BCUT2D eigenvalue weighted by atomic mass is 35.5. The van der Waals surface area contributed by atoms with Crippen LogP contribution in [0.2, 0.25) is 5.02 Å². The summed E-state index contributed by atoms with van der Waals surface area (Å²) < 4.78 is 5.69. The van der Waals surface area contributed by atoms with Crippen LogP contribution < -0.4 is 10.1 Å². The van der Waals surface area contributed by atoms with Crippen LogP contribution in [0.5, 0.6) is 5.75 Å². The van der Waals surface area contributed by atoms with Crippen LogP contribution in [0.4, 0.5) is 0 Å². The molecule has 0 bridgehead atoms. The maximum Gasteiger partial charge on any atom is 0.261 e. The lowest BCUT2D eigenvalue weighted by atomic mass is 10.1. The van der Waals surface area contributed by atoms with Crippen molar-refractivity contribution in [1.29, 1.82) is 0 Å². The number of amides is 2. The summed E-state index contributed by atoms with van der Waals surface area (Å²) in [6.07, 6.45) is 0.939. The number of hydrogen-bond donors (Lipinski definition) is 1. The summed E-state index contributed by atoms with van der Waals surface area (Å²) in [7, 11) is 0. The molecule has 5 nitrogen and oxygen atoms in total. The molecule has 1 N–H and O–H groups in total. The Morgan fingerprint density at radius 1 is 1.03 bits per heavy atom. The number of nitrogens with zero attached hydrogens (tertiary/aromatic N) is 1. The second kappa shape index (κ2) is 10.5. The Kier molecular flexibility index (Phi) is 8.30. The van der Waals surface area contributed by atoms with Gasteiger partial charge in [0.2, 0.25) is 5.91 Å². The van der Waals surface area contributed by atoms with E-state index in [0.717, 1.165) is 12.0 Å². The largest absolute Gasteiger partial charge is 0.484 e. The highest BCUT2D eigenvalue weighted by Crippen LogP contribution is 2.16. The Labute approximate surface area is 184 Å². The number of rotatable bonds is 8. The van der Waals surface area contributed by atoms with Crippen LogP contribution >= 0.6 is 11.6 Å². The monoisotopic (exact) mass is 430 g/mol. The molecule has 162 valence electrons. The number of carbonyl (C=O) groups is 2. The Morgan fingerprint density at radius 3 is 2.13 bits per heavy atom. The molecule has 0 aromatic heterocycles. The Morgan fingerprint density at radius 2 is 1.60 bits per heavy atom. The maximum absolute atomic E-state index is 13.0. The molecular formula is C24H31ClN2O3. The highest BCUT2D eigenvalue weighted by Gasteiger charge is 2.28. The maximum atomic E-state index is 13.0. The standard InChI is InChI=1S/C24H31ClN2O3/c1-6-18-9-13-21(14-10-18)30-16-22(28)27(15-19-7-11-20(25)12-8-19)17(2)23(29)26-24(3,4)5/h7-14,17H,6,15-16H2,1-5H3,(H,26,29)/t17-/m1/s1. The van der Waals surface area contributed by atoms with Gasteiger partial charge in [0, 0.05) is 17.1 Å². The first-order chi connectivity index (χ1) is 14.1. The fraction of sp³-hybridized carbons (Fsp3) is 0.417. The molecule has 0 unspecified atom stereocenters. The lowest BCUT2D eigenvalue weighted by Crippen LogP contribution is -2.53. The molecule has 6 heteroatoms. The van der Waals surface area contributed by atoms with Crippen molar-refractivity contribution in [2.75, 3.05) is 6.61 Å². The van der Waals surface area contributed by atoms with E-state index < -0.39 is 11.6 Å². The molecule has 1 atom stereocenters. The van der Waals surface area contributed by atoms with Gasteiger partial charge in [-0.15, -0.1) is 0 Å². The third kappa shape index (κ3) is 7.38. The van der Waals surface area contributed by atoms with Crippen LogP contribution in [0.25, 0.3) is 0 Å². The van der Waals surface area contributed by atoms with Crippen molar-refractivity contribution in [3.05, 3.63) is 64.7 Å². The summed E-state index contributed by atoms with van der Waals surface area (Å²) >= 11 is 5.97. The first kappa shape index (κ1) is 23.7. The number of nitrogens with one attached hydrogen (secondary N) is 1. The molecule has 0 saturated carbocycles. The lowest BCUT2D eigenvalue weighted by molar-refractivity contribution is -0.142. The van der Waals surface area contributed by atoms with Gasteiger partial charge in [-0.2, -0.15) is 0 Å². The first-order valence-corrected chi connectivity index (χ1v) is 10.5. The molecular weight excluding hydrogens is 400 g/mol. The fourth-order valence-corrected chi connectivity index (χ4v) is 3.02. The summed E-state index contributed by atoms with van der Waals surface area (Å²) in [5.74, 6) is 0.150. The SMILES string of the molecule is CCc1ccc(OCC(=O)N(Cc2ccc(Cl)cc2)[C@H](C)C(=O)NC(C)(C)C)cc1. The summed E-state index contributed by atoms with van der Waals surface area (Å²) in [6, 6.07) is 14.2. The van der Waals surface area contributed by atoms with E-state index >= 15 is 0 Å². The van der Waals surface area contributed by atoms with Gasteiger partial charge in [0.1, 0.15) is 11.8 Å². The molecule has 0 spiro atoms. The van der Waals surface area contributed by atoms with Crippen molar-refractivity contribution in [2.45, 2.75) is 59.2 Å². The zero-order valence-corrected chi connectivity index (χ0v) is 19.1. The van der Waals surface area contributed by atoms with Crippen LogP contribution in [0.1, 0.15) is 45.7 Å². The van der Waals surface area contributed by atoms with Crippen molar-refractivity contribution in [1.82, 2.24) is 10.2 Å². The van der Waals surface area contributed by atoms with E-state index in [9.17, 15) is 9.59 Å². The van der Waals surface area contributed by atoms with Gasteiger partial charge in [0.15, 0.2) is 6.61 Å². The molecule has 2 aromatic rings. The third-order valence-electron chi connectivity index (χ3n) is 4.63. The average molecular weight is 431 g/mol. The summed E-state index contributed by atoms with van der Waals surface area (Å²) in [5, 5.41) is 3.56. The highest BCUT2D eigenvalue weighted by molar-refractivity contribution is 6.30. The van der Waals surface area contributed by atoms with E-state index in [4.69, 9.17) is 16.3 Å². The van der Waals surface area contributed by atoms with E-state index in [2.05, 4.69) is 12.2 Å². The Balaban J connectivity index is 2.14. The van der Waals surface area contributed by atoms with Gasteiger partial charge in [0.05, 0.1) is 0 Å². The van der Waals surface area contributed by atoms with Gasteiger partial charge in [-0.05, 0) is 69.5 Å². The molecule has 30 heavy (non-hydrogen) atoms. The number of hydrogen-bond acceptors (Lipinski definition) is 3. The fourth-order valence-electron chi connectivity index (χ4n) is 2.89. The minimum atomic E-state index is -0.654. The predicted octanol–water partition coefficient (Wildman–Crippen LogP) is 4.61. The minimum absolute atomic E-state index is 0.147. The number of benzene rings is 2. The quantitative estimate of drug-likeness (QED) is 0.665. The van der Waals surface area contributed by atoms with Crippen molar-refractivity contribution in [3.8, 4) is 5.75 Å². The number of aryl methyl sites for hydroxylation is 1. The minimum Gasteiger partial charge on any atom is -0.484 e. The summed E-state index contributed by atoms with van der Waals surface area (Å²) in [5.41, 5.74) is 1.69. The zero-order chi connectivity index (χ0) is 22.3. The summed E-state index contributed by atoms with van der Waals surface area (Å²) in [4.78, 5) is 27.3. The van der Waals surface area contributed by atoms with Crippen LogP contribution in [-0.4, -0.2) is 34.9 Å². The second-order valence-corrected chi connectivity index (χ2v) is 8.79. The van der Waals surface area contributed by atoms with Gasteiger partial charge in [-0.25, -0.2) is 0 Å². The second-order valence-electron chi connectivity index (χ2n) is 8.35. The molecule has 2 aromatic carbocycles. The molecule has 0 radical (unpaired) electrons. The zero-order valence-electron chi connectivity index (χ0n) is 18.4. The molecule has 0 aliphatic carbocycles. The van der Waals surface area contributed by atoms with E-state index in [1.165, 1.54) is 10.5 Å². The van der Waals surface area contributed by atoms with E-state index in [-0.39, 0.29) is 25.0 Å². The van der Waals surface area contributed by atoms with Gasteiger partial charge in [0.25, 0.3) is 5.91 Å². The normalized spacial score (nSPS) is 12.2. The smallest absolute Gasteiger partial charge is 0.261 e. The topological polar surface area (TPSA) is 58.6 Å². The Bertz CT molecular complexity index is 842. The van der Waals surface area contributed by atoms with Crippen LogP contribution in [0.3, 0.4) is 0 Å². The van der Waals surface area contributed by atoms with Gasteiger partial charge in [-0.1, -0.05) is 42.8 Å². The van der Waals surface area contributed by atoms with E-state index in [1.807, 2.05) is 57.2 Å². The van der Waals surface area contributed by atoms with Crippen LogP contribution in [-0.2, 0) is 22.6 Å². The molecule has 0 saturated heterocycles. The van der Waals surface area contributed by atoms with E-state index in [1.54, 1.807) is 19.1 Å². The van der Waals surface area contributed by atoms with Crippen molar-refractivity contribution in [3.63, 3.8) is 0 Å². The number of ether oxygens (including phenoxy) is 1. The van der Waals surface area contributed by atoms with Crippen molar-refractivity contribution < 1.29 is 14.3 Å². The number of halogens is 1. The number of carbonyl (C=O) groups excluding carboxylic acids is 2. The Hall–Kier alpha value is -2.53. The average Bonchev–Trinajstić information content (AvgIpc) is 2.70. The van der Waals surface area contributed by atoms with Gasteiger partial charge < -0.3 is 15.0 Å². The van der Waals surface area contributed by atoms with Gasteiger partial charge in [-0.3, -0.25) is 9.59 Å². The van der Waals surface area contributed by atoms with Crippen LogP contribution in [0.15, 0.2) is 48.5 Å². The molecule has 0 fully saturated rings. The summed E-state index contributed by atoms with van der Waals surface area (Å²) in [6.45, 7) is 9.67. The van der Waals surface area contributed by atoms with Crippen molar-refractivity contribution >= 4 is 23.4 Å². The molecule has 0 heterocycles. The van der Waals surface area contributed by atoms with Crippen LogP contribution in [0, 0.1) is 0 Å². The molecule has 2 rings (SSSR count). The van der Waals surface area contributed by atoms with E-state index in [0.29, 0.717) is 10.8 Å². The van der Waals surface area contributed by atoms with Crippen molar-refractivity contribution in [2.24, 2.45) is 0 Å². The third-order valence-corrected chi connectivity index (χ3v) is 4.88. The van der Waals surface area contributed by atoms with Gasteiger partial charge >= 0.3 is 0 Å². The first-order valence-electron chi connectivity index (χ1n) is 10.2. The molecule has 2 amide bonds. The predicted molar refractivity (Wildman–Crippen MR) is 121 cm³/mol. The molecule has 0 aliphatic heterocycles.